The molecule has 2 heteroatoms. The molecule has 0 amide bonds. The van der Waals surface area contributed by atoms with Crippen LogP contribution in [0, 0.1) is 11.3 Å². The predicted molar refractivity (Wildman–Crippen MR) is 45.5 cm³/mol. The maximum Gasteiger partial charge on any atom is 0.308 e. The first-order chi connectivity index (χ1) is 5.65. The molecule has 0 aromatic heterocycles. The molecule has 0 N–H and O–H groups in total. The highest BCUT2D eigenvalue weighted by molar-refractivity contribution is 5.73. The Labute approximate surface area is 72.6 Å². The van der Waals surface area contributed by atoms with E-state index < -0.39 is 0 Å². The first-order valence-electron chi connectivity index (χ1n) is 4.40. The highest BCUT2D eigenvalue weighted by atomic mass is 16.5. The van der Waals surface area contributed by atoms with Gasteiger partial charge >= 0.3 is 5.97 Å². The minimum Gasteiger partial charge on any atom is -0.469 e. The number of ether oxygens (including phenoxy) is 1. The van der Waals surface area contributed by atoms with Crippen LogP contribution in [0.1, 0.15) is 25.7 Å². The summed E-state index contributed by atoms with van der Waals surface area (Å²) in [7, 11) is 1.47. The first kappa shape index (κ1) is 7.84. The molecular weight excluding hydrogens is 152 g/mol. The van der Waals surface area contributed by atoms with Crippen LogP contribution < -0.4 is 0 Å². The molecule has 2 aliphatic rings. The lowest BCUT2D eigenvalue weighted by atomic mass is 9.50. The van der Waals surface area contributed by atoms with E-state index in [1.54, 1.807) is 0 Å². The second kappa shape index (κ2) is 2.35. The third-order valence-corrected chi connectivity index (χ3v) is 3.14. The van der Waals surface area contributed by atoms with Crippen LogP contribution in [-0.2, 0) is 9.53 Å². The van der Waals surface area contributed by atoms with Crippen LogP contribution in [-0.4, -0.2) is 13.1 Å². The van der Waals surface area contributed by atoms with Crippen LogP contribution in [0.15, 0.2) is 12.2 Å². The van der Waals surface area contributed by atoms with Crippen molar-refractivity contribution in [3.8, 4) is 0 Å². The Morgan fingerprint density at radius 2 is 2.17 bits per heavy atom. The molecule has 2 nitrogen and oxygen atoms in total. The topological polar surface area (TPSA) is 26.3 Å². The largest absolute Gasteiger partial charge is 0.469 e. The van der Waals surface area contributed by atoms with Crippen molar-refractivity contribution in [1.82, 2.24) is 0 Å². The van der Waals surface area contributed by atoms with Crippen molar-refractivity contribution >= 4 is 5.97 Å². The van der Waals surface area contributed by atoms with Crippen molar-refractivity contribution in [3.05, 3.63) is 12.2 Å². The lowest BCUT2D eigenvalue weighted by Gasteiger charge is -2.54. The Morgan fingerprint density at radius 3 is 2.58 bits per heavy atom. The molecule has 0 radical (unpaired) electrons. The van der Waals surface area contributed by atoms with Crippen molar-refractivity contribution < 1.29 is 9.53 Å². The Hall–Kier alpha value is -0.790. The van der Waals surface area contributed by atoms with Gasteiger partial charge in [0.1, 0.15) is 0 Å². The van der Waals surface area contributed by atoms with Crippen LogP contribution in [0.5, 0.6) is 0 Å². The van der Waals surface area contributed by atoms with Gasteiger partial charge in [-0.25, -0.2) is 0 Å². The summed E-state index contributed by atoms with van der Waals surface area (Å²) in [6.45, 7) is 3.91. The summed E-state index contributed by atoms with van der Waals surface area (Å²) >= 11 is 0. The first-order valence-corrected chi connectivity index (χ1v) is 4.40. The lowest BCUT2D eigenvalue weighted by Crippen LogP contribution is -2.46. The monoisotopic (exact) mass is 166 g/mol. The van der Waals surface area contributed by atoms with Crippen LogP contribution in [0.25, 0.3) is 0 Å². The average Bonchev–Trinajstić information content (AvgIpc) is 1.92. The van der Waals surface area contributed by atoms with Crippen molar-refractivity contribution in [1.29, 1.82) is 0 Å². The van der Waals surface area contributed by atoms with Crippen molar-refractivity contribution in [2.75, 3.05) is 7.11 Å². The van der Waals surface area contributed by atoms with E-state index in [1.165, 1.54) is 12.7 Å². The third-order valence-electron chi connectivity index (χ3n) is 3.14. The second-order valence-electron chi connectivity index (χ2n) is 4.23. The molecule has 0 bridgehead atoms. The Kier molecular flexibility index (Phi) is 1.53. The Bertz CT molecular complexity index is 226. The van der Waals surface area contributed by atoms with Gasteiger partial charge in [0.25, 0.3) is 0 Å². The Morgan fingerprint density at radius 1 is 1.58 bits per heavy atom. The molecule has 2 aliphatic carbocycles. The summed E-state index contributed by atoms with van der Waals surface area (Å²) in [6.07, 6.45) is 4.33. The minimum absolute atomic E-state index is 0.0295. The number of hydrogen-bond donors (Lipinski definition) is 0. The molecule has 1 spiro atoms. The van der Waals surface area contributed by atoms with E-state index in [0.29, 0.717) is 5.41 Å². The van der Waals surface area contributed by atoms with Crippen LogP contribution >= 0.6 is 0 Å². The van der Waals surface area contributed by atoms with Gasteiger partial charge in [0, 0.05) is 0 Å². The van der Waals surface area contributed by atoms with E-state index in [0.717, 1.165) is 25.7 Å². The number of carbonyl (C=O) groups excluding carboxylic acids is 1. The minimum atomic E-state index is -0.0295. The van der Waals surface area contributed by atoms with Gasteiger partial charge in [-0.3, -0.25) is 4.79 Å². The molecule has 0 atom stereocenters. The summed E-state index contributed by atoms with van der Waals surface area (Å²) in [5.41, 5.74) is 1.81. The van der Waals surface area contributed by atoms with Crippen molar-refractivity contribution in [2.24, 2.45) is 11.3 Å². The number of methoxy groups -OCH3 is 1. The molecule has 2 saturated carbocycles. The molecule has 0 heterocycles. The standard InChI is InChI=1S/C10H14O2/c1-7-3-10(4-7)5-8(6-10)9(11)12-2/h8H,1,3-6H2,2H3. The zero-order valence-corrected chi connectivity index (χ0v) is 7.43. The summed E-state index contributed by atoms with van der Waals surface area (Å²) in [5.74, 6) is 0.154. The summed E-state index contributed by atoms with van der Waals surface area (Å²) in [5, 5.41) is 0. The second-order valence-corrected chi connectivity index (χ2v) is 4.23. The van der Waals surface area contributed by atoms with E-state index in [-0.39, 0.29) is 11.9 Å². The van der Waals surface area contributed by atoms with E-state index in [1.807, 2.05) is 0 Å². The van der Waals surface area contributed by atoms with Crippen molar-refractivity contribution in [2.45, 2.75) is 25.7 Å². The quantitative estimate of drug-likeness (QED) is 0.439. The van der Waals surface area contributed by atoms with Crippen LogP contribution in [0.3, 0.4) is 0 Å². The van der Waals surface area contributed by atoms with Gasteiger partial charge in [-0.1, -0.05) is 12.2 Å². The van der Waals surface area contributed by atoms with E-state index in [9.17, 15) is 4.79 Å². The molecule has 12 heavy (non-hydrogen) atoms. The molecule has 0 saturated heterocycles. The predicted octanol–water partition coefficient (Wildman–Crippen LogP) is 1.91. The SMILES string of the molecule is C=C1CC2(C1)CC(C(=O)OC)C2. The van der Waals surface area contributed by atoms with E-state index in [2.05, 4.69) is 11.3 Å². The molecule has 0 aromatic carbocycles. The number of allylic oxidation sites excluding steroid dienone is 1. The maximum absolute atomic E-state index is 11.1. The molecule has 0 aromatic rings. The fourth-order valence-electron chi connectivity index (χ4n) is 2.62. The summed E-state index contributed by atoms with van der Waals surface area (Å²) in [6, 6.07) is 0. The fourth-order valence-corrected chi connectivity index (χ4v) is 2.62. The highest BCUT2D eigenvalue weighted by Gasteiger charge is 2.52. The molecule has 0 unspecified atom stereocenters. The molecule has 2 fully saturated rings. The third kappa shape index (κ3) is 0.977. The average molecular weight is 166 g/mol. The zero-order chi connectivity index (χ0) is 8.77. The molecule has 66 valence electrons. The summed E-state index contributed by atoms with van der Waals surface area (Å²) in [4.78, 5) is 11.1. The van der Waals surface area contributed by atoms with Crippen molar-refractivity contribution in [3.63, 3.8) is 0 Å². The van der Waals surface area contributed by atoms with Gasteiger partial charge in [0.2, 0.25) is 0 Å². The maximum atomic E-state index is 11.1. The Balaban J connectivity index is 1.84. The number of esters is 1. The lowest BCUT2D eigenvalue weighted by molar-refractivity contribution is -0.155. The molecular formula is C10H14O2. The van der Waals surface area contributed by atoms with Crippen LogP contribution in [0.4, 0.5) is 0 Å². The molecule has 0 aliphatic heterocycles. The molecule has 2 rings (SSSR count). The number of rotatable bonds is 1. The van der Waals surface area contributed by atoms with E-state index in [4.69, 9.17) is 0 Å². The van der Waals surface area contributed by atoms with Gasteiger partial charge in [0.15, 0.2) is 0 Å². The van der Waals surface area contributed by atoms with Crippen LogP contribution in [0.2, 0.25) is 0 Å². The smallest absolute Gasteiger partial charge is 0.308 e. The van der Waals surface area contributed by atoms with Gasteiger partial charge in [-0.05, 0) is 31.1 Å². The van der Waals surface area contributed by atoms with E-state index >= 15 is 0 Å². The highest BCUT2D eigenvalue weighted by Crippen LogP contribution is 2.60. The fraction of sp³-hybridized carbons (Fsp3) is 0.700. The van der Waals surface area contributed by atoms with Gasteiger partial charge < -0.3 is 4.74 Å². The number of carbonyl (C=O) groups is 1. The normalized spacial score (nSPS) is 26.2. The van der Waals surface area contributed by atoms with Gasteiger partial charge in [-0.2, -0.15) is 0 Å². The summed E-state index contributed by atoms with van der Waals surface area (Å²) < 4.78 is 4.68. The van der Waals surface area contributed by atoms with Gasteiger partial charge in [0.05, 0.1) is 13.0 Å². The number of hydrogen-bond acceptors (Lipinski definition) is 2. The van der Waals surface area contributed by atoms with Gasteiger partial charge in [-0.15, -0.1) is 0 Å². The zero-order valence-electron chi connectivity index (χ0n) is 7.43.